The van der Waals surface area contributed by atoms with Crippen molar-refractivity contribution in [3.8, 4) is 5.75 Å². The van der Waals surface area contributed by atoms with Crippen molar-refractivity contribution in [3.63, 3.8) is 0 Å². The number of hydrogen-bond acceptors (Lipinski definition) is 3. The average molecular weight is 297 g/mol. The largest absolute Gasteiger partial charge is 0.492 e. The van der Waals surface area contributed by atoms with Crippen LogP contribution in [0.2, 0.25) is 0 Å². The van der Waals surface area contributed by atoms with E-state index in [2.05, 4.69) is 42.3 Å². The number of hydrogen-bond donors (Lipinski definition) is 0. The monoisotopic (exact) mass is 297 g/mol. The Morgan fingerprint density at radius 3 is 2.41 bits per heavy atom. The molecule has 0 unspecified atom stereocenters. The molecule has 0 aliphatic heterocycles. The predicted octanol–water partition coefficient (Wildman–Crippen LogP) is 3.44. The third-order valence-electron chi connectivity index (χ3n) is 3.61. The summed E-state index contributed by atoms with van der Waals surface area (Å²) in [5, 5.41) is 0. The van der Waals surface area contributed by atoms with Crippen molar-refractivity contribution in [1.82, 2.24) is 4.90 Å². The maximum atomic E-state index is 10.6. The van der Waals surface area contributed by atoms with Crippen molar-refractivity contribution in [2.75, 3.05) is 26.7 Å². The maximum Gasteiger partial charge on any atom is 0.150 e. The van der Waals surface area contributed by atoms with Gasteiger partial charge in [0.25, 0.3) is 0 Å². The summed E-state index contributed by atoms with van der Waals surface area (Å²) in [5.74, 6) is 0.809. The van der Waals surface area contributed by atoms with Crippen molar-refractivity contribution in [2.45, 2.75) is 12.8 Å². The molecule has 0 saturated carbocycles. The molecule has 2 rings (SSSR count). The molecule has 3 nitrogen and oxygen atoms in total. The Bertz CT molecular complexity index is 551. The van der Waals surface area contributed by atoms with Crippen LogP contribution in [0.4, 0.5) is 0 Å². The van der Waals surface area contributed by atoms with Crippen molar-refractivity contribution in [3.05, 3.63) is 65.7 Å². The summed E-state index contributed by atoms with van der Waals surface area (Å²) in [6.07, 6.45) is 3.10. The second-order valence-electron chi connectivity index (χ2n) is 5.43. The summed E-state index contributed by atoms with van der Waals surface area (Å²) in [4.78, 5) is 12.9. The third-order valence-corrected chi connectivity index (χ3v) is 3.61. The standard InChI is InChI=1S/C19H23NO2/c1-20(13-5-8-17-6-3-2-4-7-17)14-15-22-19-11-9-18(16-21)10-12-19/h2-4,6-7,9-12,16H,5,8,13-15H2,1H3. The molecule has 0 aromatic heterocycles. The quantitative estimate of drug-likeness (QED) is 0.664. The Morgan fingerprint density at radius 1 is 1.00 bits per heavy atom. The van der Waals surface area contributed by atoms with Gasteiger partial charge in [-0.15, -0.1) is 0 Å². The molecule has 0 bridgehead atoms. The number of carbonyl (C=O) groups is 1. The molecular weight excluding hydrogens is 274 g/mol. The molecule has 3 heteroatoms. The third kappa shape index (κ3) is 5.70. The summed E-state index contributed by atoms with van der Waals surface area (Å²) in [5.41, 5.74) is 2.06. The Morgan fingerprint density at radius 2 is 1.73 bits per heavy atom. The Hall–Kier alpha value is -2.13. The van der Waals surface area contributed by atoms with E-state index in [1.807, 2.05) is 12.1 Å². The average Bonchev–Trinajstić information content (AvgIpc) is 2.56. The van der Waals surface area contributed by atoms with E-state index < -0.39 is 0 Å². The molecule has 0 spiro atoms. The first kappa shape index (κ1) is 16.2. The van der Waals surface area contributed by atoms with Gasteiger partial charge in [-0.2, -0.15) is 0 Å². The molecule has 0 N–H and O–H groups in total. The van der Waals surface area contributed by atoms with Crippen LogP contribution >= 0.6 is 0 Å². The summed E-state index contributed by atoms with van der Waals surface area (Å²) in [6.45, 7) is 2.61. The summed E-state index contributed by atoms with van der Waals surface area (Å²) < 4.78 is 5.68. The van der Waals surface area contributed by atoms with Crippen LogP contribution in [0.5, 0.6) is 5.75 Å². The van der Waals surface area contributed by atoms with Gasteiger partial charge in [0.05, 0.1) is 0 Å². The minimum absolute atomic E-state index is 0.655. The van der Waals surface area contributed by atoms with E-state index in [1.165, 1.54) is 5.56 Å². The van der Waals surface area contributed by atoms with E-state index in [9.17, 15) is 4.79 Å². The van der Waals surface area contributed by atoms with Crippen LogP contribution in [-0.4, -0.2) is 37.9 Å². The summed E-state index contributed by atoms with van der Waals surface area (Å²) in [6, 6.07) is 17.8. The van der Waals surface area contributed by atoms with Gasteiger partial charge in [0.1, 0.15) is 18.6 Å². The molecule has 0 radical (unpaired) electrons. The van der Waals surface area contributed by atoms with Gasteiger partial charge >= 0.3 is 0 Å². The summed E-state index contributed by atoms with van der Waals surface area (Å²) >= 11 is 0. The van der Waals surface area contributed by atoms with Crippen molar-refractivity contribution in [2.24, 2.45) is 0 Å². The number of ether oxygens (including phenoxy) is 1. The zero-order chi connectivity index (χ0) is 15.6. The summed E-state index contributed by atoms with van der Waals surface area (Å²) in [7, 11) is 2.11. The highest BCUT2D eigenvalue weighted by atomic mass is 16.5. The number of likely N-dealkylation sites (N-methyl/N-ethyl adjacent to an activating group) is 1. The highest BCUT2D eigenvalue weighted by molar-refractivity contribution is 5.74. The number of nitrogens with zero attached hydrogens (tertiary/aromatic N) is 1. The van der Waals surface area contributed by atoms with Gasteiger partial charge in [-0.3, -0.25) is 4.79 Å². The van der Waals surface area contributed by atoms with Crippen LogP contribution in [-0.2, 0) is 6.42 Å². The minimum Gasteiger partial charge on any atom is -0.492 e. The Balaban J connectivity index is 1.60. The smallest absolute Gasteiger partial charge is 0.150 e. The van der Waals surface area contributed by atoms with Crippen LogP contribution in [0, 0.1) is 0 Å². The molecule has 22 heavy (non-hydrogen) atoms. The molecule has 0 saturated heterocycles. The SMILES string of the molecule is CN(CCCc1ccccc1)CCOc1ccc(C=O)cc1. The van der Waals surface area contributed by atoms with Crippen LogP contribution in [0.3, 0.4) is 0 Å². The number of aryl methyl sites for hydroxylation is 1. The molecule has 0 amide bonds. The van der Waals surface area contributed by atoms with E-state index in [1.54, 1.807) is 12.1 Å². The van der Waals surface area contributed by atoms with E-state index in [-0.39, 0.29) is 0 Å². The van der Waals surface area contributed by atoms with Crippen LogP contribution in [0.15, 0.2) is 54.6 Å². The second kappa shape index (κ2) is 9.00. The molecule has 116 valence electrons. The number of aldehydes is 1. The fourth-order valence-corrected chi connectivity index (χ4v) is 2.27. The van der Waals surface area contributed by atoms with E-state index >= 15 is 0 Å². The van der Waals surface area contributed by atoms with Crippen LogP contribution < -0.4 is 4.74 Å². The zero-order valence-corrected chi connectivity index (χ0v) is 13.1. The first-order valence-corrected chi connectivity index (χ1v) is 7.68. The lowest BCUT2D eigenvalue weighted by Gasteiger charge is -2.17. The van der Waals surface area contributed by atoms with Gasteiger partial charge < -0.3 is 9.64 Å². The molecule has 0 heterocycles. The van der Waals surface area contributed by atoms with E-state index in [4.69, 9.17) is 4.74 Å². The van der Waals surface area contributed by atoms with Gasteiger partial charge in [0, 0.05) is 12.1 Å². The van der Waals surface area contributed by atoms with Gasteiger partial charge in [0.2, 0.25) is 0 Å². The van der Waals surface area contributed by atoms with Gasteiger partial charge in [0.15, 0.2) is 0 Å². The number of benzene rings is 2. The second-order valence-corrected chi connectivity index (χ2v) is 5.43. The predicted molar refractivity (Wildman–Crippen MR) is 89.6 cm³/mol. The lowest BCUT2D eigenvalue weighted by Crippen LogP contribution is -2.25. The molecule has 2 aromatic carbocycles. The first-order valence-electron chi connectivity index (χ1n) is 7.68. The number of carbonyl (C=O) groups excluding carboxylic acids is 1. The molecular formula is C19H23NO2. The van der Waals surface area contributed by atoms with Gasteiger partial charge in [-0.1, -0.05) is 30.3 Å². The molecule has 0 aliphatic rings. The fraction of sp³-hybridized carbons (Fsp3) is 0.316. The molecule has 0 fully saturated rings. The fourth-order valence-electron chi connectivity index (χ4n) is 2.27. The Labute approximate surface area is 132 Å². The topological polar surface area (TPSA) is 29.5 Å². The highest BCUT2D eigenvalue weighted by Crippen LogP contribution is 2.11. The van der Waals surface area contributed by atoms with Crippen LogP contribution in [0.25, 0.3) is 0 Å². The van der Waals surface area contributed by atoms with Gasteiger partial charge in [-0.05, 0) is 56.3 Å². The van der Waals surface area contributed by atoms with E-state index in [0.29, 0.717) is 12.2 Å². The normalized spacial score (nSPS) is 10.6. The van der Waals surface area contributed by atoms with Crippen molar-refractivity contribution >= 4 is 6.29 Å². The Kier molecular flexibility index (Phi) is 6.65. The van der Waals surface area contributed by atoms with Crippen molar-refractivity contribution in [1.29, 1.82) is 0 Å². The first-order chi connectivity index (χ1) is 10.8. The molecule has 2 aromatic rings. The van der Waals surface area contributed by atoms with Crippen molar-refractivity contribution < 1.29 is 9.53 Å². The van der Waals surface area contributed by atoms with Gasteiger partial charge in [-0.25, -0.2) is 0 Å². The maximum absolute atomic E-state index is 10.6. The molecule has 0 aliphatic carbocycles. The lowest BCUT2D eigenvalue weighted by molar-refractivity contribution is 0.112. The van der Waals surface area contributed by atoms with E-state index in [0.717, 1.165) is 38.0 Å². The number of rotatable bonds is 9. The minimum atomic E-state index is 0.655. The lowest BCUT2D eigenvalue weighted by atomic mass is 10.1. The highest BCUT2D eigenvalue weighted by Gasteiger charge is 2.00. The zero-order valence-electron chi connectivity index (χ0n) is 13.1. The molecule has 0 atom stereocenters. The van der Waals surface area contributed by atoms with Crippen LogP contribution in [0.1, 0.15) is 22.3 Å².